The number of amides is 2. The summed E-state index contributed by atoms with van der Waals surface area (Å²) in [5.74, 6) is 0.500. The number of pyridine rings is 1. The van der Waals surface area contributed by atoms with Gasteiger partial charge in [0.15, 0.2) is 0 Å². The molecule has 0 unspecified atom stereocenters. The van der Waals surface area contributed by atoms with E-state index in [1.54, 1.807) is 30.3 Å². The number of anilines is 2. The van der Waals surface area contributed by atoms with Gasteiger partial charge in [-0.2, -0.15) is 0 Å². The van der Waals surface area contributed by atoms with Crippen molar-refractivity contribution in [3.8, 4) is 0 Å². The van der Waals surface area contributed by atoms with Gasteiger partial charge < -0.3 is 5.32 Å². The Morgan fingerprint density at radius 2 is 1.67 bits per heavy atom. The van der Waals surface area contributed by atoms with Gasteiger partial charge in [0.2, 0.25) is 0 Å². The molecule has 0 saturated carbocycles. The predicted octanol–water partition coefficient (Wildman–Crippen LogP) is 4.53. The van der Waals surface area contributed by atoms with Gasteiger partial charge >= 0.3 is 6.03 Å². The minimum Gasteiger partial charge on any atom is -0.308 e. The molecule has 0 fully saturated rings. The number of nitrogens with zero attached hydrogens (tertiary/aromatic N) is 1. The van der Waals surface area contributed by atoms with E-state index in [9.17, 15) is 4.79 Å². The van der Waals surface area contributed by atoms with E-state index in [0.29, 0.717) is 16.5 Å². The smallest absolute Gasteiger partial charge is 0.308 e. The quantitative estimate of drug-likeness (QED) is 0.730. The standard InChI is InChI=1S/C16H12ClN3O/c17-12-6-8-13(9-7-12)18-16(21)20-15-10-5-11-3-1-2-4-14(11)19-15/h1-10H,(H2,18,19,20,21). The molecule has 21 heavy (non-hydrogen) atoms. The number of rotatable bonds is 2. The fourth-order valence-electron chi connectivity index (χ4n) is 1.95. The number of fused-ring (bicyclic) bond motifs is 1. The minimum absolute atomic E-state index is 0.347. The third-order valence-corrected chi connectivity index (χ3v) is 3.19. The Hall–Kier alpha value is -2.59. The summed E-state index contributed by atoms with van der Waals surface area (Å²) in [5.41, 5.74) is 1.50. The molecule has 3 aromatic rings. The van der Waals surface area contributed by atoms with Crippen molar-refractivity contribution in [3.63, 3.8) is 0 Å². The first-order valence-corrected chi connectivity index (χ1v) is 6.78. The van der Waals surface area contributed by atoms with Crippen LogP contribution in [-0.2, 0) is 0 Å². The van der Waals surface area contributed by atoms with Crippen LogP contribution < -0.4 is 10.6 Å². The first-order chi connectivity index (χ1) is 10.2. The Morgan fingerprint density at radius 1 is 0.905 bits per heavy atom. The molecule has 1 aromatic heterocycles. The van der Waals surface area contributed by atoms with Gasteiger partial charge in [0.25, 0.3) is 0 Å². The average molecular weight is 298 g/mol. The molecule has 0 bridgehead atoms. The number of nitrogens with one attached hydrogen (secondary N) is 2. The van der Waals surface area contributed by atoms with Crippen molar-refractivity contribution in [2.75, 3.05) is 10.6 Å². The van der Waals surface area contributed by atoms with Gasteiger partial charge in [-0.15, -0.1) is 0 Å². The summed E-state index contributed by atoms with van der Waals surface area (Å²) in [6.07, 6.45) is 0. The van der Waals surface area contributed by atoms with E-state index in [-0.39, 0.29) is 6.03 Å². The van der Waals surface area contributed by atoms with Crippen molar-refractivity contribution >= 4 is 40.0 Å². The van der Waals surface area contributed by atoms with Gasteiger partial charge in [0.05, 0.1) is 5.52 Å². The summed E-state index contributed by atoms with van der Waals surface area (Å²) < 4.78 is 0. The van der Waals surface area contributed by atoms with Crippen molar-refractivity contribution in [1.29, 1.82) is 0 Å². The van der Waals surface area contributed by atoms with E-state index >= 15 is 0 Å². The van der Waals surface area contributed by atoms with Gasteiger partial charge in [-0.3, -0.25) is 5.32 Å². The van der Waals surface area contributed by atoms with Crippen LogP contribution in [0.5, 0.6) is 0 Å². The molecule has 4 nitrogen and oxygen atoms in total. The van der Waals surface area contributed by atoms with Crippen LogP contribution in [0, 0.1) is 0 Å². The average Bonchev–Trinajstić information content (AvgIpc) is 2.49. The largest absolute Gasteiger partial charge is 0.324 e. The summed E-state index contributed by atoms with van der Waals surface area (Å²) in [5, 5.41) is 7.07. The monoisotopic (exact) mass is 297 g/mol. The molecule has 0 atom stereocenters. The maximum atomic E-state index is 11.9. The first kappa shape index (κ1) is 13.4. The topological polar surface area (TPSA) is 54.0 Å². The van der Waals surface area contributed by atoms with Gasteiger partial charge in [0.1, 0.15) is 5.82 Å². The van der Waals surface area contributed by atoms with Gasteiger partial charge in [0, 0.05) is 16.1 Å². The number of urea groups is 1. The van der Waals surface area contributed by atoms with Crippen molar-refractivity contribution < 1.29 is 4.79 Å². The number of hydrogen-bond donors (Lipinski definition) is 2. The molecule has 2 aromatic carbocycles. The fraction of sp³-hybridized carbons (Fsp3) is 0. The van der Waals surface area contributed by atoms with Gasteiger partial charge in [-0.25, -0.2) is 9.78 Å². The van der Waals surface area contributed by atoms with Crippen molar-refractivity contribution in [2.24, 2.45) is 0 Å². The normalized spacial score (nSPS) is 10.3. The molecule has 5 heteroatoms. The van der Waals surface area contributed by atoms with Crippen LogP contribution >= 0.6 is 11.6 Å². The second-order valence-electron chi connectivity index (χ2n) is 4.48. The lowest BCUT2D eigenvalue weighted by atomic mass is 10.2. The number of carbonyl (C=O) groups is 1. The number of aromatic nitrogens is 1. The number of halogens is 1. The molecular formula is C16H12ClN3O. The molecule has 3 rings (SSSR count). The van der Waals surface area contributed by atoms with Crippen LogP contribution in [0.15, 0.2) is 60.7 Å². The van der Waals surface area contributed by atoms with Gasteiger partial charge in [-0.1, -0.05) is 29.8 Å². The lowest BCUT2D eigenvalue weighted by molar-refractivity contribution is 0.262. The first-order valence-electron chi connectivity index (χ1n) is 6.40. The van der Waals surface area contributed by atoms with Crippen LogP contribution in [0.25, 0.3) is 10.9 Å². The minimum atomic E-state index is -0.347. The predicted molar refractivity (Wildman–Crippen MR) is 85.8 cm³/mol. The van der Waals surface area contributed by atoms with E-state index in [1.165, 1.54) is 0 Å². The Morgan fingerprint density at radius 3 is 2.48 bits per heavy atom. The van der Waals surface area contributed by atoms with Crippen molar-refractivity contribution in [1.82, 2.24) is 4.98 Å². The highest BCUT2D eigenvalue weighted by molar-refractivity contribution is 6.30. The van der Waals surface area contributed by atoms with Crippen molar-refractivity contribution in [2.45, 2.75) is 0 Å². The van der Waals surface area contributed by atoms with Crippen LogP contribution in [-0.4, -0.2) is 11.0 Å². The van der Waals surface area contributed by atoms with Crippen molar-refractivity contribution in [3.05, 3.63) is 65.7 Å². The second kappa shape index (κ2) is 5.81. The summed E-state index contributed by atoms with van der Waals surface area (Å²) >= 11 is 5.80. The maximum absolute atomic E-state index is 11.9. The zero-order chi connectivity index (χ0) is 14.7. The number of para-hydroxylation sites is 1. The Balaban J connectivity index is 1.72. The van der Waals surface area contributed by atoms with Crippen LogP contribution in [0.1, 0.15) is 0 Å². The van der Waals surface area contributed by atoms with Crippen LogP contribution in [0.2, 0.25) is 5.02 Å². The van der Waals surface area contributed by atoms with Crippen LogP contribution in [0.4, 0.5) is 16.3 Å². The maximum Gasteiger partial charge on any atom is 0.324 e. The molecule has 104 valence electrons. The van der Waals surface area contributed by atoms with Gasteiger partial charge in [-0.05, 0) is 42.5 Å². The second-order valence-corrected chi connectivity index (χ2v) is 4.91. The third-order valence-electron chi connectivity index (χ3n) is 2.94. The zero-order valence-electron chi connectivity index (χ0n) is 11.0. The van der Waals surface area contributed by atoms with E-state index in [4.69, 9.17) is 11.6 Å². The molecule has 2 N–H and O–H groups in total. The molecule has 0 saturated heterocycles. The summed E-state index contributed by atoms with van der Waals surface area (Å²) in [7, 11) is 0. The zero-order valence-corrected chi connectivity index (χ0v) is 11.8. The van der Waals surface area contributed by atoms with E-state index in [2.05, 4.69) is 15.6 Å². The Bertz CT molecular complexity index is 787. The highest BCUT2D eigenvalue weighted by Crippen LogP contribution is 2.16. The lowest BCUT2D eigenvalue weighted by Gasteiger charge is -2.07. The van der Waals surface area contributed by atoms with E-state index in [1.807, 2.05) is 30.3 Å². The highest BCUT2D eigenvalue weighted by atomic mass is 35.5. The Labute approximate surface area is 126 Å². The fourth-order valence-corrected chi connectivity index (χ4v) is 2.07. The Kier molecular flexibility index (Phi) is 3.71. The summed E-state index contributed by atoms with van der Waals surface area (Å²) in [6, 6.07) is 18.0. The number of carbonyl (C=O) groups excluding carboxylic acids is 1. The number of benzene rings is 2. The van der Waals surface area contributed by atoms with Crippen LogP contribution in [0.3, 0.4) is 0 Å². The van der Waals surface area contributed by atoms with E-state index in [0.717, 1.165) is 10.9 Å². The lowest BCUT2D eigenvalue weighted by Crippen LogP contribution is -2.19. The molecule has 0 aliphatic carbocycles. The summed E-state index contributed by atoms with van der Waals surface area (Å²) in [6.45, 7) is 0. The molecule has 0 aliphatic rings. The van der Waals surface area contributed by atoms with E-state index < -0.39 is 0 Å². The molecule has 0 aliphatic heterocycles. The SMILES string of the molecule is O=C(Nc1ccc(Cl)cc1)Nc1ccc2ccccc2n1. The molecular weight excluding hydrogens is 286 g/mol. The molecule has 0 spiro atoms. The molecule has 0 radical (unpaired) electrons. The highest BCUT2D eigenvalue weighted by Gasteiger charge is 2.04. The molecule has 1 heterocycles. The third kappa shape index (κ3) is 3.30. The molecule has 2 amide bonds. The summed E-state index contributed by atoms with van der Waals surface area (Å²) in [4.78, 5) is 16.3. The number of hydrogen-bond acceptors (Lipinski definition) is 2.